The maximum atomic E-state index is 12.7. The Labute approximate surface area is 155 Å². The zero-order chi connectivity index (χ0) is 19.0. The highest BCUT2D eigenvalue weighted by Crippen LogP contribution is 2.32. The van der Waals surface area contributed by atoms with Gasteiger partial charge in [0.2, 0.25) is 0 Å². The van der Waals surface area contributed by atoms with Crippen molar-refractivity contribution in [2.75, 3.05) is 31.2 Å². The fourth-order valence-electron chi connectivity index (χ4n) is 3.42. The van der Waals surface area contributed by atoms with Gasteiger partial charge in [-0.3, -0.25) is 19.7 Å². The fraction of sp³-hybridized carbons (Fsp3) is 0.200. The molecule has 27 heavy (non-hydrogen) atoms. The molecule has 1 aliphatic heterocycles. The predicted molar refractivity (Wildman–Crippen MR) is 99.2 cm³/mol. The molecule has 136 valence electrons. The first-order valence-corrected chi connectivity index (χ1v) is 8.57. The molecular weight excluding hydrogens is 348 g/mol. The Kier molecular flexibility index (Phi) is 4.29. The number of carbonyl (C=O) groups excluding carboxylic acids is 2. The molecule has 0 N–H and O–H groups in total. The van der Waals surface area contributed by atoms with Crippen LogP contribution in [0.5, 0.6) is 0 Å². The number of hydrogen-bond donors (Lipinski definition) is 0. The lowest BCUT2D eigenvalue weighted by Crippen LogP contribution is -2.36. The molecule has 0 atom stereocenters. The second-order valence-corrected chi connectivity index (χ2v) is 6.36. The lowest BCUT2D eigenvalue weighted by Gasteiger charge is -2.30. The van der Waals surface area contributed by atoms with Crippen LogP contribution in [0.2, 0.25) is 0 Å². The molecule has 0 bridgehead atoms. The van der Waals surface area contributed by atoms with Crippen molar-refractivity contribution < 1.29 is 19.2 Å². The molecule has 0 spiro atoms. The van der Waals surface area contributed by atoms with E-state index in [1.807, 2.05) is 4.90 Å². The highest BCUT2D eigenvalue weighted by atomic mass is 16.6. The Morgan fingerprint density at radius 2 is 1.63 bits per heavy atom. The number of benzene rings is 2. The molecule has 0 radical (unpaired) electrons. The first kappa shape index (κ1) is 17.1. The second-order valence-electron chi connectivity index (χ2n) is 6.36. The SMILES string of the molecule is O=C1C(=Cc2cc([N+](=O)[O-])ccc2N2CCOCC2)C(=O)c2ccccc21. The quantitative estimate of drug-likeness (QED) is 0.360. The van der Waals surface area contributed by atoms with Gasteiger partial charge in [-0.25, -0.2) is 0 Å². The first-order chi connectivity index (χ1) is 13.1. The summed E-state index contributed by atoms with van der Waals surface area (Å²) in [7, 11) is 0. The van der Waals surface area contributed by atoms with Crippen LogP contribution in [0.25, 0.3) is 6.08 Å². The number of morpholine rings is 1. The van der Waals surface area contributed by atoms with E-state index in [9.17, 15) is 19.7 Å². The van der Waals surface area contributed by atoms with Gasteiger partial charge in [0.25, 0.3) is 5.69 Å². The molecule has 0 unspecified atom stereocenters. The van der Waals surface area contributed by atoms with Gasteiger partial charge in [0.15, 0.2) is 11.6 Å². The normalized spacial score (nSPS) is 16.4. The third kappa shape index (κ3) is 3.02. The summed E-state index contributed by atoms with van der Waals surface area (Å²) in [5.74, 6) is -0.704. The average Bonchev–Trinajstić information content (AvgIpc) is 2.94. The molecule has 2 aromatic carbocycles. The topological polar surface area (TPSA) is 89.8 Å². The van der Waals surface area contributed by atoms with Gasteiger partial charge >= 0.3 is 0 Å². The number of rotatable bonds is 3. The number of allylic oxidation sites excluding steroid dienone is 1. The number of hydrogen-bond acceptors (Lipinski definition) is 6. The number of fused-ring (bicyclic) bond motifs is 1. The maximum Gasteiger partial charge on any atom is 0.270 e. The van der Waals surface area contributed by atoms with Crippen LogP contribution in [0.1, 0.15) is 26.3 Å². The summed E-state index contributed by atoms with van der Waals surface area (Å²) in [6.07, 6.45) is 1.47. The van der Waals surface area contributed by atoms with Crippen molar-refractivity contribution in [2.45, 2.75) is 0 Å². The minimum atomic E-state index is -0.488. The Hall–Kier alpha value is -3.32. The first-order valence-electron chi connectivity index (χ1n) is 8.57. The fourth-order valence-corrected chi connectivity index (χ4v) is 3.42. The summed E-state index contributed by atoms with van der Waals surface area (Å²) in [4.78, 5) is 38.1. The van der Waals surface area contributed by atoms with Gasteiger partial charge in [0.1, 0.15) is 0 Å². The number of nitro benzene ring substituents is 1. The smallest absolute Gasteiger partial charge is 0.270 e. The molecule has 7 nitrogen and oxygen atoms in total. The second kappa shape index (κ2) is 6.77. The summed E-state index contributed by atoms with van der Waals surface area (Å²) >= 11 is 0. The lowest BCUT2D eigenvalue weighted by atomic mass is 10.0. The van der Waals surface area contributed by atoms with E-state index in [1.54, 1.807) is 30.3 Å². The number of nitro groups is 1. The predicted octanol–water partition coefficient (Wildman–Crippen LogP) is 2.89. The van der Waals surface area contributed by atoms with Gasteiger partial charge < -0.3 is 9.64 Å². The number of Topliss-reactive ketones (excluding diaryl/α,β-unsaturated/α-hetero) is 2. The number of ether oxygens (including phenoxy) is 1. The third-order valence-electron chi connectivity index (χ3n) is 4.78. The lowest BCUT2D eigenvalue weighted by molar-refractivity contribution is -0.384. The van der Waals surface area contributed by atoms with Crippen molar-refractivity contribution in [1.29, 1.82) is 0 Å². The highest BCUT2D eigenvalue weighted by molar-refractivity contribution is 6.41. The molecule has 1 fully saturated rings. The van der Waals surface area contributed by atoms with Crippen LogP contribution in [-0.2, 0) is 4.74 Å². The zero-order valence-corrected chi connectivity index (χ0v) is 14.4. The maximum absolute atomic E-state index is 12.7. The summed E-state index contributed by atoms with van der Waals surface area (Å²) in [6.45, 7) is 2.37. The number of anilines is 1. The molecule has 7 heteroatoms. The standard InChI is InChI=1S/C20H16N2O5/c23-19-15-3-1-2-4-16(15)20(24)17(19)12-13-11-14(22(25)26)5-6-18(13)21-7-9-27-10-8-21/h1-6,11-12H,7-10H2. The number of carbonyl (C=O) groups is 2. The minimum Gasteiger partial charge on any atom is -0.378 e. The molecule has 0 aromatic heterocycles. The zero-order valence-electron chi connectivity index (χ0n) is 14.4. The van der Waals surface area contributed by atoms with Crippen LogP contribution in [0, 0.1) is 10.1 Å². The Balaban J connectivity index is 1.81. The van der Waals surface area contributed by atoms with Gasteiger partial charge in [0, 0.05) is 47.6 Å². The molecule has 1 saturated heterocycles. The average molecular weight is 364 g/mol. The van der Waals surface area contributed by atoms with Crippen LogP contribution >= 0.6 is 0 Å². The van der Waals surface area contributed by atoms with Crippen LogP contribution in [0.15, 0.2) is 48.0 Å². The van der Waals surface area contributed by atoms with Crippen molar-refractivity contribution in [2.24, 2.45) is 0 Å². The monoisotopic (exact) mass is 364 g/mol. The van der Waals surface area contributed by atoms with Crippen LogP contribution in [-0.4, -0.2) is 42.8 Å². The Morgan fingerprint density at radius 3 is 2.22 bits per heavy atom. The van der Waals surface area contributed by atoms with Gasteiger partial charge in [-0.2, -0.15) is 0 Å². The highest BCUT2D eigenvalue weighted by Gasteiger charge is 2.33. The summed E-state index contributed by atoms with van der Waals surface area (Å²) in [5, 5.41) is 11.2. The van der Waals surface area contributed by atoms with Crippen LogP contribution in [0.4, 0.5) is 11.4 Å². The molecule has 2 aromatic rings. The minimum absolute atomic E-state index is 0.0335. The van der Waals surface area contributed by atoms with Crippen molar-refractivity contribution >= 4 is 29.0 Å². The van der Waals surface area contributed by atoms with Gasteiger partial charge in [-0.05, 0) is 12.1 Å². The number of ketones is 2. The van der Waals surface area contributed by atoms with E-state index in [1.165, 1.54) is 18.2 Å². The van der Waals surface area contributed by atoms with Gasteiger partial charge in [-0.1, -0.05) is 24.3 Å². The molecule has 2 aliphatic rings. The van der Waals surface area contributed by atoms with Crippen molar-refractivity contribution in [3.05, 3.63) is 74.8 Å². The van der Waals surface area contributed by atoms with E-state index in [0.29, 0.717) is 43.0 Å². The molecule has 1 aliphatic carbocycles. The van der Waals surface area contributed by atoms with E-state index in [2.05, 4.69) is 0 Å². The molecular formula is C20H16N2O5. The van der Waals surface area contributed by atoms with E-state index in [-0.39, 0.29) is 22.8 Å². The number of nitrogens with zero attached hydrogens (tertiary/aromatic N) is 2. The molecule has 1 heterocycles. The van der Waals surface area contributed by atoms with E-state index >= 15 is 0 Å². The Bertz CT molecular complexity index is 953. The van der Waals surface area contributed by atoms with Crippen LogP contribution in [0.3, 0.4) is 0 Å². The van der Waals surface area contributed by atoms with Crippen molar-refractivity contribution in [3.8, 4) is 0 Å². The number of non-ortho nitro benzene ring substituents is 1. The van der Waals surface area contributed by atoms with Gasteiger partial charge in [0.05, 0.1) is 23.7 Å². The summed E-state index contributed by atoms with van der Waals surface area (Å²) in [6, 6.07) is 11.1. The van der Waals surface area contributed by atoms with Crippen molar-refractivity contribution in [3.63, 3.8) is 0 Å². The van der Waals surface area contributed by atoms with E-state index in [0.717, 1.165) is 5.69 Å². The Morgan fingerprint density at radius 1 is 1.00 bits per heavy atom. The molecule has 4 rings (SSSR count). The largest absolute Gasteiger partial charge is 0.378 e. The van der Waals surface area contributed by atoms with Crippen molar-refractivity contribution in [1.82, 2.24) is 0 Å². The third-order valence-corrected chi connectivity index (χ3v) is 4.78. The van der Waals surface area contributed by atoms with E-state index < -0.39 is 4.92 Å². The summed E-state index contributed by atoms with van der Waals surface area (Å²) in [5.41, 5.74) is 1.91. The molecule has 0 amide bonds. The van der Waals surface area contributed by atoms with Gasteiger partial charge in [-0.15, -0.1) is 0 Å². The van der Waals surface area contributed by atoms with Crippen LogP contribution < -0.4 is 4.90 Å². The summed E-state index contributed by atoms with van der Waals surface area (Å²) < 4.78 is 5.36. The van der Waals surface area contributed by atoms with E-state index in [4.69, 9.17) is 4.74 Å². The molecule has 0 saturated carbocycles.